The first-order valence-corrected chi connectivity index (χ1v) is 9.52. The van der Waals surface area contributed by atoms with E-state index >= 15 is 0 Å². The topological polar surface area (TPSA) is 26.7 Å². The summed E-state index contributed by atoms with van der Waals surface area (Å²) in [6.45, 7) is 12.8. The minimum atomic E-state index is 0.297. The van der Waals surface area contributed by atoms with Gasteiger partial charge in [-0.25, -0.2) is 0 Å². The summed E-state index contributed by atoms with van der Waals surface area (Å²) in [5.41, 5.74) is 0. The molecule has 0 amide bonds. The molecule has 2 heterocycles. The molecule has 0 bridgehead atoms. The summed E-state index contributed by atoms with van der Waals surface area (Å²) >= 11 is 1.90. The molecule has 126 valence electrons. The lowest BCUT2D eigenvalue weighted by Gasteiger charge is -2.36. The largest absolute Gasteiger partial charge is 0.396 e. The number of rotatable bonds is 8. The van der Waals surface area contributed by atoms with Gasteiger partial charge in [0.2, 0.25) is 0 Å². The van der Waals surface area contributed by atoms with Crippen LogP contribution in [-0.4, -0.2) is 53.7 Å². The summed E-state index contributed by atoms with van der Waals surface area (Å²) in [5, 5.41) is 9.16. The van der Waals surface area contributed by atoms with Gasteiger partial charge >= 0.3 is 0 Å². The first-order valence-electron chi connectivity index (χ1n) is 8.71. The van der Waals surface area contributed by atoms with Crippen LogP contribution in [0.15, 0.2) is 12.1 Å². The molecule has 0 atom stereocenters. The van der Waals surface area contributed by atoms with Crippen molar-refractivity contribution in [3.63, 3.8) is 0 Å². The Balaban J connectivity index is 1.84. The molecule has 0 unspecified atom stereocenters. The molecule has 1 N–H and O–H groups in total. The molecule has 4 heteroatoms. The number of aliphatic hydroxyl groups excluding tert-OH is 1. The Morgan fingerprint density at radius 2 is 2.05 bits per heavy atom. The van der Waals surface area contributed by atoms with Crippen molar-refractivity contribution >= 4 is 11.3 Å². The molecule has 3 nitrogen and oxygen atoms in total. The Morgan fingerprint density at radius 1 is 1.32 bits per heavy atom. The van der Waals surface area contributed by atoms with E-state index < -0.39 is 0 Å². The number of hydrogen-bond donors (Lipinski definition) is 1. The van der Waals surface area contributed by atoms with Gasteiger partial charge in [-0.05, 0) is 71.2 Å². The van der Waals surface area contributed by atoms with Crippen LogP contribution in [0.5, 0.6) is 0 Å². The average molecular weight is 325 g/mol. The van der Waals surface area contributed by atoms with Crippen LogP contribution < -0.4 is 0 Å². The molecule has 1 saturated heterocycles. The Morgan fingerprint density at radius 3 is 2.59 bits per heavy atom. The number of likely N-dealkylation sites (tertiary alicyclic amines) is 1. The fourth-order valence-electron chi connectivity index (χ4n) is 3.34. The van der Waals surface area contributed by atoms with E-state index in [0.29, 0.717) is 12.6 Å². The molecular weight excluding hydrogens is 292 g/mol. The van der Waals surface area contributed by atoms with Crippen molar-refractivity contribution in [2.75, 3.05) is 32.8 Å². The van der Waals surface area contributed by atoms with Crippen LogP contribution >= 0.6 is 11.3 Å². The van der Waals surface area contributed by atoms with E-state index in [2.05, 4.69) is 42.7 Å². The number of nitrogens with zero attached hydrogens (tertiary/aromatic N) is 2. The Labute approximate surface area is 139 Å². The number of hydrogen-bond acceptors (Lipinski definition) is 4. The van der Waals surface area contributed by atoms with Gasteiger partial charge in [0.05, 0.1) is 0 Å². The minimum Gasteiger partial charge on any atom is -0.396 e. The van der Waals surface area contributed by atoms with Gasteiger partial charge in [0, 0.05) is 42.0 Å². The average Bonchev–Trinajstić information content (AvgIpc) is 2.90. The number of aryl methyl sites for hydroxylation is 1. The van der Waals surface area contributed by atoms with Crippen LogP contribution in [0.25, 0.3) is 0 Å². The highest BCUT2D eigenvalue weighted by Crippen LogP contribution is 2.22. The van der Waals surface area contributed by atoms with Crippen molar-refractivity contribution in [1.29, 1.82) is 0 Å². The van der Waals surface area contributed by atoms with Crippen LogP contribution in [0.1, 0.15) is 42.9 Å². The van der Waals surface area contributed by atoms with Crippen molar-refractivity contribution in [1.82, 2.24) is 9.80 Å². The molecule has 1 aromatic rings. The molecule has 0 radical (unpaired) electrons. The van der Waals surface area contributed by atoms with E-state index in [9.17, 15) is 0 Å². The van der Waals surface area contributed by atoms with Crippen molar-refractivity contribution < 1.29 is 5.11 Å². The molecule has 0 aliphatic carbocycles. The van der Waals surface area contributed by atoms with E-state index in [1.54, 1.807) is 0 Å². The Kier molecular flexibility index (Phi) is 7.35. The van der Waals surface area contributed by atoms with Gasteiger partial charge in [-0.1, -0.05) is 0 Å². The number of piperidine rings is 1. The lowest BCUT2D eigenvalue weighted by atomic mass is 9.95. The minimum absolute atomic E-state index is 0.297. The smallest absolute Gasteiger partial charge is 0.0443 e. The molecule has 0 spiro atoms. The third-order valence-corrected chi connectivity index (χ3v) is 5.69. The van der Waals surface area contributed by atoms with Crippen LogP contribution in [0.4, 0.5) is 0 Å². The lowest BCUT2D eigenvalue weighted by Crippen LogP contribution is -2.41. The fourth-order valence-corrected chi connectivity index (χ4v) is 4.27. The highest BCUT2D eigenvalue weighted by molar-refractivity contribution is 7.11. The van der Waals surface area contributed by atoms with Gasteiger partial charge in [-0.15, -0.1) is 11.3 Å². The molecule has 1 aliphatic heterocycles. The van der Waals surface area contributed by atoms with E-state index in [1.165, 1.54) is 42.2 Å². The van der Waals surface area contributed by atoms with Gasteiger partial charge in [0.15, 0.2) is 0 Å². The molecule has 2 rings (SSSR count). The molecule has 1 aromatic heterocycles. The second-order valence-electron chi connectivity index (χ2n) is 6.90. The predicted molar refractivity (Wildman–Crippen MR) is 95.5 cm³/mol. The summed E-state index contributed by atoms with van der Waals surface area (Å²) in [5.74, 6) is 0.815. The maximum absolute atomic E-state index is 9.16. The van der Waals surface area contributed by atoms with Gasteiger partial charge < -0.3 is 10.0 Å². The number of aliphatic hydroxyl groups is 1. The van der Waals surface area contributed by atoms with E-state index in [-0.39, 0.29) is 0 Å². The van der Waals surface area contributed by atoms with Crippen LogP contribution in [0.3, 0.4) is 0 Å². The molecule has 0 saturated carbocycles. The van der Waals surface area contributed by atoms with E-state index in [1.807, 2.05) is 11.3 Å². The molecule has 1 aliphatic rings. The summed E-state index contributed by atoms with van der Waals surface area (Å²) in [6.07, 6.45) is 3.52. The molecule has 22 heavy (non-hydrogen) atoms. The van der Waals surface area contributed by atoms with Crippen molar-refractivity contribution in [3.8, 4) is 0 Å². The maximum atomic E-state index is 9.16. The quantitative estimate of drug-likeness (QED) is 0.794. The van der Waals surface area contributed by atoms with Gasteiger partial charge in [-0.3, -0.25) is 4.90 Å². The first kappa shape index (κ1) is 17.9. The van der Waals surface area contributed by atoms with Gasteiger partial charge in [-0.2, -0.15) is 0 Å². The summed E-state index contributed by atoms with van der Waals surface area (Å²) in [6, 6.07) is 5.15. The van der Waals surface area contributed by atoms with Crippen molar-refractivity contribution in [2.45, 2.75) is 52.6 Å². The van der Waals surface area contributed by atoms with E-state index in [4.69, 9.17) is 5.11 Å². The van der Waals surface area contributed by atoms with Crippen LogP contribution in [0.2, 0.25) is 0 Å². The molecule has 0 aromatic carbocycles. The third kappa shape index (κ3) is 5.65. The van der Waals surface area contributed by atoms with Gasteiger partial charge in [0.1, 0.15) is 0 Å². The monoisotopic (exact) mass is 324 g/mol. The second-order valence-corrected chi connectivity index (χ2v) is 8.27. The maximum Gasteiger partial charge on any atom is 0.0443 e. The third-order valence-electron chi connectivity index (χ3n) is 4.70. The van der Waals surface area contributed by atoms with Gasteiger partial charge in [0.25, 0.3) is 0 Å². The highest BCUT2D eigenvalue weighted by Gasteiger charge is 2.22. The first-order chi connectivity index (χ1) is 10.6. The zero-order valence-corrected chi connectivity index (χ0v) is 15.2. The van der Waals surface area contributed by atoms with Crippen molar-refractivity contribution in [2.24, 2.45) is 5.92 Å². The predicted octanol–water partition coefficient (Wildman–Crippen LogP) is 3.36. The molecule has 1 fully saturated rings. The summed E-state index contributed by atoms with van der Waals surface area (Å²) < 4.78 is 0. The van der Waals surface area contributed by atoms with Crippen LogP contribution in [0, 0.1) is 12.8 Å². The zero-order chi connectivity index (χ0) is 15.9. The number of thiophene rings is 1. The normalized spacial score (nSPS) is 17.7. The summed E-state index contributed by atoms with van der Waals surface area (Å²) in [7, 11) is 0. The fraction of sp³-hybridized carbons (Fsp3) is 0.778. The Bertz CT molecular complexity index is 424. The van der Waals surface area contributed by atoms with Crippen LogP contribution in [-0.2, 0) is 6.54 Å². The summed E-state index contributed by atoms with van der Waals surface area (Å²) in [4.78, 5) is 7.99. The lowest BCUT2D eigenvalue weighted by molar-refractivity contribution is 0.116. The van der Waals surface area contributed by atoms with Crippen molar-refractivity contribution in [3.05, 3.63) is 21.9 Å². The standard InChI is InChI=1S/C18H32N2OS/c1-15(2)20-10-7-17(8-11-20)13-19(9-4-12-21)14-18-6-5-16(3)22-18/h5-6,15,17,21H,4,7-14H2,1-3H3. The Hall–Kier alpha value is -0.420. The second kappa shape index (κ2) is 9.02. The van der Waals surface area contributed by atoms with E-state index in [0.717, 1.165) is 25.4 Å². The zero-order valence-electron chi connectivity index (χ0n) is 14.4. The highest BCUT2D eigenvalue weighted by atomic mass is 32.1. The molecular formula is C18H32N2OS. The SMILES string of the molecule is Cc1ccc(CN(CCCO)CC2CCN(C(C)C)CC2)s1.